The molecule has 0 aromatic rings. The van der Waals surface area contributed by atoms with Crippen molar-refractivity contribution in [3.63, 3.8) is 0 Å². The normalized spacial score (nSPS) is 16.6. The Morgan fingerprint density at radius 3 is 2.15 bits per heavy atom. The molecule has 0 aliphatic rings. The van der Waals surface area contributed by atoms with Crippen molar-refractivity contribution in [2.24, 2.45) is 0 Å². The standard InChI is InChI=1S/C4H9O8P/c5-2(3(6)4(7)8)1-12-13(9,10)11/h2-3,5-6H,1H2,(H,7,8)(H2,9,10,11)/t2-,3-/m1/s1. The van der Waals surface area contributed by atoms with E-state index in [1.165, 1.54) is 0 Å². The summed E-state index contributed by atoms with van der Waals surface area (Å²) in [5, 5.41) is 25.5. The van der Waals surface area contributed by atoms with Crippen LogP contribution in [0.4, 0.5) is 0 Å². The molecular formula is C4H9O8P. The number of phosphoric acid groups is 1. The van der Waals surface area contributed by atoms with Crippen LogP contribution < -0.4 is 0 Å². The maximum atomic E-state index is 10.1. The van der Waals surface area contributed by atoms with Crippen LogP contribution in [0.15, 0.2) is 0 Å². The van der Waals surface area contributed by atoms with E-state index < -0.39 is 32.6 Å². The van der Waals surface area contributed by atoms with Crippen LogP contribution in [0, 0.1) is 0 Å². The van der Waals surface area contributed by atoms with E-state index in [1.807, 2.05) is 0 Å². The molecule has 0 unspecified atom stereocenters. The zero-order valence-electron chi connectivity index (χ0n) is 6.27. The third kappa shape index (κ3) is 5.69. The average Bonchev–Trinajstić information content (AvgIpc) is 1.97. The number of carboxylic acid groups (broad SMARTS) is 1. The summed E-state index contributed by atoms with van der Waals surface area (Å²) in [6.45, 7) is -0.961. The van der Waals surface area contributed by atoms with Gasteiger partial charge in [0.1, 0.15) is 6.10 Å². The zero-order valence-corrected chi connectivity index (χ0v) is 7.16. The van der Waals surface area contributed by atoms with Gasteiger partial charge in [-0.15, -0.1) is 0 Å². The van der Waals surface area contributed by atoms with Crippen molar-refractivity contribution in [1.29, 1.82) is 0 Å². The molecule has 78 valence electrons. The predicted octanol–water partition coefficient (Wildman–Crippen LogP) is -2.10. The highest BCUT2D eigenvalue weighted by atomic mass is 31.2. The maximum absolute atomic E-state index is 10.1. The SMILES string of the molecule is O=C(O)[C@H](O)[C@H](O)COP(=O)(O)O. The largest absolute Gasteiger partial charge is 0.479 e. The number of aliphatic carboxylic acids is 1. The van der Waals surface area contributed by atoms with Gasteiger partial charge in [-0.05, 0) is 0 Å². The highest BCUT2D eigenvalue weighted by Crippen LogP contribution is 2.35. The first-order chi connectivity index (χ1) is 5.74. The number of hydrogen-bond donors (Lipinski definition) is 5. The Morgan fingerprint density at radius 1 is 1.38 bits per heavy atom. The highest BCUT2D eigenvalue weighted by molar-refractivity contribution is 7.46. The molecule has 0 aromatic carbocycles. The maximum Gasteiger partial charge on any atom is 0.469 e. The number of hydrogen-bond acceptors (Lipinski definition) is 5. The first kappa shape index (κ1) is 12.5. The lowest BCUT2D eigenvalue weighted by Crippen LogP contribution is -2.36. The molecule has 5 N–H and O–H groups in total. The molecule has 8 nitrogen and oxygen atoms in total. The fraction of sp³-hybridized carbons (Fsp3) is 0.750. The summed E-state index contributed by atoms with van der Waals surface area (Å²) in [5.74, 6) is -1.71. The van der Waals surface area contributed by atoms with E-state index in [0.29, 0.717) is 0 Å². The molecule has 0 saturated heterocycles. The van der Waals surface area contributed by atoms with E-state index in [4.69, 9.17) is 25.1 Å². The van der Waals surface area contributed by atoms with Gasteiger partial charge in [0.15, 0.2) is 6.10 Å². The van der Waals surface area contributed by atoms with Gasteiger partial charge in [-0.1, -0.05) is 0 Å². The first-order valence-corrected chi connectivity index (χ1v) is 4.56. The monoisotopic (exact) mass is 216 g/mol. The fourth-order valence-corrected chi connectivity index (χ4v) is 0.776. The van der Waals surface area contributed by atoms with Crippen LogP contribution in [0.3, 0.4) is 0 Å². The van der Waals surface area contributed by atoms with Gasteiger partial charge >= 0.3 is 13.8 Å². The molecule has 0 amide bonds. The lowest BCUT2D eigenvalue weighted by Gasteiger charge is -2.13. The molecule has 0 bridgehead atoms. The third-order valence-corrected chi connectivity index (χ3v) is 1.52. The molecule has 13 heavy (non-hydrogen) atoms. The summed E-state index contributed by atoms with van der Waals surface area (Å²) in [6, 6.07) is 0. The average molecular weight is 216 g/mol. The lowest BCUT2D eigenvalue weighted by atomic mass is 10.2. The molecule has 0 aromatic heterocycles. The molecule has 2 atom stereocenters. The summed E-state index contributed by atoms with van der Waals surface area (Å²) < 4.78 is 13.8. The number of carboxylic acids is 1. The second kappa shape index (κ2) is 4.66. The highest BCUT2D eigenvalue weighted by Gasteiger charge is 2.26. The molecule has 0 fully saturated rings. The molecule has 0 saturated carbocycles. The van der Waals surface area contributed by atoms with E-state index in [-0.39, 0.29) is 0 Å². The Hall–Kier alpha value is -0.500. The van der Waals surface area contributed by atoms with Crippen LogP contribution in [0.1, 0.15) is 0 Å². The summed E-state index contributed by atoms with van der Waals surface area (Å²) in [6.07, 6.45) is -4.02. The molecule has 0 aliphatic heterocycles. The molecule has 0 spiro atoms. The molecule has 9 heteroatoms. The van der Waals surface area contributed by atoms with Gasteiger partial charge in [-0.3, -0.25) is 4.52 Å². The van der Waals surface area contributed by atoms with Crippen LogP contribution in [-0.2, 0) is 13.9 Å². The quantitative estimate of drug-likeness (QED) is 0.328. The number of aliphatic hydroxyl groups is 2. The minimum absolute atomic E-state index is 0.961. The number of rotatable bonds is 5. The van der Waals surface area contributed by atoms with E-state index in [9.17, 15) is 9.36 Å². The van der Waals surface area contributed by atoms with Gasteiger partial charge in [0.25, 0.3) is 0 Å². The van der Waals surface area contributed by atoms with Gasteiger partial charge in [-0.25, -0.2) is 9.36 Å². The summed E-state index contributed by atoms with van der Waals surface area (Å²) in [4.78, 5) is 26.3. The zero-order chi connectivity index (χ0) is 10.6. The summed E-state index contributed by atoms with van der Waals surface area (Å²) in [7, 11) is -4.75. The molecular weight excluding hydrogens is 207 g/mol. The van der Waals surface area contributed by atoms with E-state index in [0.717, 1.165) is 0 Å². The van der Waals surface area contributed by atoms with Gasteiger partial charge in [0, 0.05) is 0 Å². The molecule has 0 radical (unpaired) electrons. The van der Waals surface area contributed by atoms with Crippen molar-refractivity contribution in [1.82, 2.24) is 0 Å². The molecule has 0 rings (SSSR count). The number of aliphatic hydroxyl groups excluding tert-OH is 2. The van der Waals surface area contributed by atoms with Crippen LogP contribution in [-0.4, -0.2) is 49.9 Å². The van der Waals surface area contributed by atoms with Crippen molar-refractivity contribution in [2.75, 3.05) is 6.61 Å². The first-order valence-electron chi connectivity index (χ1n) is 3.03. The minimum Gasteiger partial charge on any atom is -0.479 e. The summed E-state index contributed by atoms with van der Waals surface area (Å²) in [5.41, 5.74) is 0. The van der Waals surface area contributed by atoms with Gasteiger partial charge in [-0.2, -0.15) is 0 Å². The molecule has 0 aliphatic carbocycles. The second-order valence-electron chi connectivity index (χ2n) is 2.14. The minimum atomic E-state index is -4.75. The molecule has 0 heterocycles. The van der Waals surface area contributed by atoms with Crippen molar-refractivity contribution in [2.45, 2.75) is 12.2 Å². The van der Waals surface area contributed by atoms with E-state index in [1.54, 1.807) is 0 Å². The Kier molecular flexibility index (Phi) is 4.48. The Bertz CT molecular complexity index is 220. The van der Waals surface area contributed by atoms with Crippen molar-refractivity contribution >= 4 is 13.8 Å². The second-order valence-corrected chi connectivity index (χ2v) is 3.38. The van der Waals surface area contributed by atoms with Crippen LogP contribution >= 0.6 is 7.82 Å². The van der Waals surface area contributed by atoms with Gasteiger partial charge in [0.05, 0.1) is 6.61 Å². The lowest BCUT2D eigenvalue weighted by molar-refractivity contribution is -0.154. The van der Waals surface area contributed by atoms with E-state index >= 15 is 0 Å². The number of carbonyl (C=O) groups is 1. The van der Waals surface area contributed by atoms with Crippen molar-refractivity contribution in [3.05, 3.63) is 0 Å². The Labute approximate surface area is 72.6 Å². The van der Waals surface area contributed by atoms with Gasteiger partial charge < -0.3 is 25.1 Å². The predicted molar refractivity (Wildman–Crippen MR) is 37.6 cm³/mol. The van der Waals surface area contributed by atoms with Crippen molar-refractivity contribution < 1.29 is 39.0 Å². The van der Waals surface area contributed by atoms with Gasteiger partial charge in [0.2, 0.25) is 0 Å². The number of phosphoric ester groups is 1. The van der Waals surface area contributed by atoms with Crippen LogP contribution in [0.5, 0.6) is 0 Å². The third-order valence-electron chi connectivity index (χ3n) is 1.03. The Morgan fingerprint density at radius 2 is 1.85 bits per heavy atom. The topological polar surface area (TPSA) is 145 Å². The van der Waals surface area contributed by atoms with Crippen molar-refractivity contribution in [3.8, 4) is 0 Å². The van der Waals surface area contributed by atoms with Crippen LogP contribution in [0.2, 0.25) is 0 Å². The van der Waals surface area contributed by atoms with E-state index in [2.05, 4.69) is 4.52 Å². The summed E-state index contributed by atoms with van der Waals surface area (Å²) >= 11 is 0. The fourth-order valence-electron chi connectivity index (χ4n) is 0.429. The van der Waals surface area contributed by atoms with Crippen LogP contribution in [0.25, 0.3) is 0 Å². The Balaban J connectivity index is 3.95. The smallest absolute Gasteiger partial charge is 0.469 e.